The van der Waals surface area contributed by atoms with Crippen LogP contribution in [0.3, 0.4) is 0 Å². The Bertz CT molecular complexity index is 1450. The van der Waals surface area contributed by atoms with Gasteiger partial charge in [-0.3, -0.25) is 4.79 Å². The van der Waals surface area contributed by atoms with E-state index in [0.29, 0.717) is 24.4 Å². The molecular weight excluding hydrogens is 500 g/mol. The number of hydrogen-bond donors (Lipinski definition) is 1. The highest BCUT2D eigenvalue weighted by molar-refractivity contribution is 7.91. The van der Waals surface area contributed by atoms with Crippen molar-refractivity contribution in [1.82, 2.24) is 20.3 Å². The van der Waals surface area contributed by atoms with E-state index >= 15 is 0 Å². The molecule has 38 heavy (non-hydrogen) atoms. The van der Waals surface area contributed by atoms with Gasteiger partial charge in [0.2, 0.25) is 0 Å². The van der Waals surface area contributed by atoms with E-state index in [2.05, 4.69) is 29.1 Å². The Hall–Kier alpha value is -3.46. The lowest BCUT2D eigenvalue weighted by Gasteiger charge is -2.42. The predicted molar refractivity (Wildman–Crippen MR) is 145 cm³/mol. The fraction of sp³-hybridized carbons (Fsp3) is 0.414. The normalized spacial score (nSPS) is 19.2. The molecule has 1 aromatic carbocycles. The van der Waals surface area contributed by atoms with Crippen LogP contribution >= 0.6 is 0 Å². The average Bonchev–Trinajstić information content (AvgIpc) is 2.90. The van der Waals surface area contributed by atoms with Gasteiger partial charge in [-0.2, -0.15) is 0 Å². The SMILES string of the molecule is CCS(=O)(=O)c1ccc(CNC(=O)c2ccc3c(n2)CC(C(C)C)C(C=O)(c2cc(C)nc(C)n2)C3)cc1. The zero-order valence-electron chi connectivity index (χ0n) is 22.5. The van der Waals surface area contributed by atoms with Crippen LogP contribution in [0.2, 0.25) is 0 Å². The van der Waals surface area contributed by atoms with Gasteiger partial charge in [0.25, 0.3) is 5.91 Å². The Balaban J connectivity index is 1.56. The van der Waals surface area contributed by atoms with Gasteiger partial charge in [-0.1, -0.05) is 39.0 Å². The number of carbonyl (C=O) groups excluding carboxylic acids is 2. The second-order valence-corrected chi connectivity index (χ2v) is 12.6. The van der Waals surface area contributed by atoms with E-state index in [0.717, 1.165) is 34.5 Å². The highest BCUT2D eigenvalue weighted by Gasteiger charge is 2.47. The summed E-state index contributed by atoms with van der Waals surface area (Å²) in [5.41, 5.74) is 3.64. The summed E-state index contributed by atoms with van der Waals surface area (Å²) in [4.78, 5) is 39.7. The number of aryl methyl sites for hydroxylation is 2. The number of sulfone groups is 1. The third kappa shape index (κ3) is 5.38. The first-order chi connectivity index (χ1) is 18.0. The van der Waals surface area contributed by atoms with Gasteiger partial charge in [-0.15, -0.1) is 0 Å². The van der Waals surface area contributed by atoms with Crippen LogP contribution in [-0.4, -0.2) is 41.3 Å². The van der Waals surface area contributed by atoms with Crippen molar-refractivity contribution in [2.24, 2.45) is 11.8 Å². The van der Waals surface area contributed by atoms with Gasteiger partial charge in [-0.05, 0) is 73.9 Å². The molecule has 200 valence electrons. The summed E-state index contributed by atoms with van der Waals surface area (Å²) in [5.74, 6) is 0.513. The number of rotatable bonds is 8. The summed E-state index contributed by atoms with van der Waals surface area (Å²) in [5, 5.41) is 2.87. The van der Waals surface area contributed by atoms with Crippen LogP contribution in [0.1, 0.15) is 65.3 Å². The molecule has 1 aliphatic carbocycles. The number of hydrogen-bond acceptors (Lipinski definition) is 7. The fourth-order valence-corrected chi connectivity index (χ4v) is 6.23. The number of fused-ring (bicyclic) bond motifs is 1. The predicted octanol–water partition coefficient (Wildman–Crippen LogP) is 3.72. The Morgan fingerprint density at radius 1 is 1.11 bits per heavy atom. The monoisotopic (exact) mass is 534 g/mol. The Morgan fingerprint density at radius 2 is 1.82 bits per heavy atom. The minimum atomic E-state index is -3.27. The van der Waals surface area contributed by atoms with Crippen molar-refractivity contribution >= 4 is 22.0 Å². The number of amides is 1. The van der Waals surface area contributed by atoms with Crippen molar-refractivity contribution in [3.05, 3.63) is 82.2 Å². The molecule has 4 rings (SSSR count). The quantitative estimate of drug-likeness (QED) is 0.438. The van der Waals surface area contributed by atoms with E-state index in [9.17, 15) is 18.0 Å². The molecule has 1 amide bonds. The minimum Gasteiger partial charge on any atom is -0.347 e. The molecule has 2 heterocycles. The van der Waals surface area contributed by atoms with Crippen LogP contribution in [-0.2, 0) is 39.4 Å². The van der Waals surface area contributed by atoms with Crippen LogP contribution in [0, 0.1) is 25.7 Å². The fourth-order valence-electron chi connectivity index (χ4n) is 5.34. The molecule has 2 atom stereocenters. The molecule has 0 spiro atoms. The van der Waals surface area contributed by atoms with Crippen LogP contribution in [0.15, 0.2) is 47.4 Å². The standard InChI is InChI=1S/C29H34N4O4S/c1-6-38(36,37)23-10-7-21(8-11-23)16-30-28(35)25-12-9-22-15-29(17-34,24(18(2)3)14-26(22)33-25)27-13-19(4)31-20(5)32-27/h7-13,17-18,24H,6,14-16H2,1-5H3,(H,30,35). The van der Waals surface area contributed by atoms with Crippen molar-refractivity contribution in [3.8, 4) is 0 Å². The first-order valence-electron chi connectivity index (χ1n) is 12.9. The molecule has 1 N–H and O–H groups in total. The lowest BCUT2D eigenvalue weighted by Crippen LogP contribution is -2.47. The summed E-state index contributed by atoms with van der Waals surface area (Å²) >= 11 is 0. The highest BCUT2D eigenvalue weighted by Crippen LogP contribution is 2.44. The summed E-state index contributed by atoms with van der Waals surface area (Å²) in [7, 11) is -3.27. The Kier molecular flexibility index (Phi) is 7.78. The zero-order chi connectivity index (χ0) is 27.7. The van der Waals surface area contributed by atoms with Gasteiger partial charge in [0.1, 0.15) is 17.8 Å². The molecule has 0 bridgehead atoms. The van der Waals surface area contributed by atoms with Gasteiger partial charge in [0.15, 0.2) is 9.84 Å². The van der Waals surface area contributed by atoms with E-state index in [-0.39, 0.29) is 34.9 Å². The molecular formula is C29H34N4O4S. The maximum Gasteiger partial charge on any atom is 0.270 e. The molecule has 0 saturated heterocycles. The number of aromatic nitrogens is 3. The summed E-state index contributed by atoms with van der Waals surface area (Å²) in [6.45, 7) is 9.80. The summed E-state index contributed by atoms with van der Waals surface area (Å²) in [6.07, 6.45) is 2.06. The van der Waals surface area contributed by atoms with E-state index < -0.39 is 15.3 Å². The van der Waals surface area contributed by atoms with Crippen LogP contribution in [0.5, 0.6) is 0 Å². The van der Waals surface area contributed by atoms with E-state index in [1.807, 2.05) is 26.0 Å². The molecule has 9 heteroatoms. The number of benzene rings is 1. The smallest absolute Gasteiger partial charge is 0.270 e. The third-order valence-corrected chi connectivity index (χ3v) is 9.18. The van der Waals surface area contributed by atoms with Gasteiger partial charge >= 0.3 is 0 Å². The molecule has 0 fully saturated rings. The van der Waals surface area contributed by atoms with Crippen molar-refractivity contribution in [3.63, 3.8) is 0 Å². The molecule has 2 unspecified atom stereocenters. The van der Waals surface area contributed by atoms with Crippen molar-refractivity contribution in [2.45, 2.75) is 64.3 Å². The Morgan fingerprint density at radius 3 is 2.42 bits per heavy atom. The van der Waals surface area contributed by atoms with Gasteiger partial charge in [0, 0.05) is 17.9 Å². The summed E-state index contributed by atoms with van der Waals surface area (Å²) in [6, 6.07) is 12.0. The number of pyridine rings is 1. The van der Waals surface area contributed by atoms with Gasteiger partial charge in [-0.25, -0.2) is 23.4 Å². The van der Waals surface area contributed by atoms with Crippen LogP contribution in [0.4, 0.5) is 0 Å². The highest BCUT2D eigenvalue weighted by atomic mass is 32.2. The largest absolute Gasteiger partial charge is 0.347 e. The number of nitrogens with one attached hydrogen (secondary N) is 1. The van der Waals surface area contributed by atoms with E-state index in [1.54, 1.807) is 37.3 Å². The first-order valence-corrected chi connectivity index (χ1v) is 14.5. The maximum atomic E-state index is 12.9. The summed E-state index contributed by atoms with van der Waals surface area (Å²) < 4.78 is 24.0. The van der Waals surface area contributed by atoms with Crippen LogP contribution < -0.4 is 5.32 Å². The van der Waals surface area contributed by atoms with E-state index in [4.69, 9.17) is 4.98 Å². The molecule has 0 saturated carbocycles. The number of aldehydes is 1. The van der Waals surface area contributed by atoms with Crippen molar-refractivity contribution in [2.75, 3.05) is 5.75 Å². The number of nitrogens with zero attached hydrogens (tertiary/aromatic N) is 3. The third-order valence-electron chi connectivity index (χ3n) is 7.43. The first kappa shape index (κ1) is 27.6. The van der Waals surface area contributed by atoms with Crippen molar-refractivity contribution in [1.29, 1.82) is 0 Å². The molecule has 2 aromatic heterocycles. The van der Waals surface area contributed by atoms with Crippen LogP contribution in [0.25, 0.3) is 0 Å². The second-order valence-electron chi connectivity index (χ2n) is 10.4. The molecule has 1 aliphatic rings. The maximum absolute atomic E-state index is 12.9. The lowest BCUT2D eigenvalue weighted by molar-refractivity contribution is -0.115. The number of carbonyl (C=O) groups is 2. The average molecular weight is 535 g/mol. The van der Waals surface area contributed by atoms with Gasteiger partial charge in [0.05, 0.1) is 21.8 Å². The lowest BCUT2D eigenvalue weighted by atomic mass is 9.60. The topological polar surface area (TPSA) is 119 Å². The molecule has 0 aliphatic heterocycles. The Labute approximate surface area is 224 Å². The van der Waals surface area contributed by atoms with Gasteiger partial charge < -0.3 is 10.1 Å². The molecule has 8 nitrogen and oxygen atoms in total. The second kappa shape index (κ2) is 10.7. The zero-order valence-corrected chi connectivity index (χ0v) is 23.3. The van der Waals surface area contributed by atoms with Crippen molar-refractivity contribution < 1.29 is 18.0 Å². The molecule has 0 radical (unpaired) electrons. The minimum absolute atomic E-state index is 0.0371. The molecule has 3 aromatic rings. The van der Waals surface area contributed by atoms with E-state index in [1.165, 1.54) is 0 Å².